The van der Waals surface area contributed by atoms with Crippen LogP contribution >= 0.6 is 0 Å². The third kappa shape index (κ3) is 6.73. The first-order chi connectivity index (χ1) is 31.7. The van der Waals surface area contributed by atoms with Crippen LogP contribution in [-0.2, 0) is 0 Å². The summed E-state index contributed by atoms with van der Waals surface area (Å²) in [6.45, 7) is 13.0. The highest BCUT2D eigenvalue weighted by atomic mass is 14.6. The molecule has 4 fully saturated rings. The first-order valence-corrected chi connectivity index (χ1v) is 26.1. The van der Waals surface area contributed by atoms with Crippen molar-refractivity contribution in [3.05, 3.63) is 145 Å². The van der Waals surface area contributed by atoms with Crippen molar-refractivity contribution >= 4 is 53.9 Å². The van der Waals surface area contributed by atoms with E-state index < -0.39 is 0 Å². The molecule has 0 aliphatic heterocycles. The van der Waals surface area contributed by atoms with Crippen molar-refractivity contribution in [3.8, 4) is 22.3 Å². The number of rotatable bonds is 8. The topological polar surface area (TPSA) is 0 Å². The summed E-state index contributed by atoms with van der Waals surface area (Å²) < 4.78 is 0. The lowest BCUT2D eigenvalue weighted by Gasteiger charge is -2.61. The van der Waals surface area contributed by atoms with Gasteiger partial charge in [0.05, 0.1) is 0 Å². The van der Waals surface area contributed by atoms with Crippen LogP contribution < -0.4 is 0 Å². The van der Waals surface area contributed by atoms with Crippen LogP contribution in [0.1, 0.15) is 123 Å². The van der Waals surface area contributed by atoms with Gasteiger partial charge in [0.15, 0.2) is 0 Å². The minimum atomic E-state index is 0.521. The van der Waals surface area contributed by atoms with Crippen LogP contribution in [0, 0.1) is 52.3 Å². The summed E-state index contributed by atoms with van der Waals surface area (Å²) in [7, 11) is 0. The van der Waals surface area contributed by atoms with Crippen LogP contribution in [0.5, 0.6) is 0 Å². The zero-order valence-electron chi connectivity index (χ0n) is 39.9. The maximum absolute atomic E-state index is 2.78. The van der Waals surface area contributed by atoms with E-state index in [0.717, 1.165) is 41.4 Å². The standard InChI is InChI=1S/C65H70/c1-41(2)14-12-15-42(3)59-32-33-60-57-31-29-49-39-47(34-36-64(49,4)61(57)35-37-65(59,60)5)43-24-26-44(27-25-43)62-53-18-8-10-20-55(53)63(56-21-11-9-19-54(56)62)52-23-13-22-50-51(52)30-28-48-38-45-16-6-7-17-46(45)40-58(48)50/h6-11,13,16-28,30,38,40-42,47,49,57,59-61H,12,14-15,29,31-37,39H2,1-5H3/t42-,47?,49+,57+,59-,60+,61+,64+,65-/m1/s1. The molecule has 8 aromatic carbocycles. The normalized spacial score (nSPS) is 28.2. The molecule has 0 N–H and O–H groups in total. The second-order valence-corrected chi connectivity index (χ2v) is 23.0. The molecule has 65 heavy (non-hydrogen) atoms. The van der Waals surface area contributed by atoms with Gasteiger partial charge in [0, 0.05) is 0 Å². The summed E-state index contributed by atoms with van der Waals surface area (Å²) in [5.41, 5.74) is 8.01. The molecule has 1 unspecified atom stereocenters. The fourth-order valence-electron chi connectivity index (χ4n) is 16.2. The third-order valence-electron chi connectivity index (χ3n) is 19.5. The van der Waals surface area contributed by atoms with Crippen LogP contribution in [0.3, 0.4) is 0 Å². The maximum Gasteiger partial charge on any atom is -0.00201 e. The van der Waals surface area contributed by atoms with Gasteiger partial charge < -0.3 is 0 Å². The van der Waals surface area contributed by atoms with Gasteiger partial charge in [-0.05, 0) is 210 Å². The van der Waals surface area contributed by atoms with Gasteiger partial charge in [0.2, 0.25) is 0 Å². The van der Waals surface area contributed by atoms with Gasteiger partial charge in [-0.15, -0.1) is 0 Å². The lowest BCUT2D eigenvalue weighted by Crippen LogP contribution is -2.53. The second kappa shape index (κ2) is 16.1. The Morgan fingerprint density at radius 1 is 0.492 bits per heavy atom. The third-order valence-corrected chi connectivity index (χ3v) is 19.5. The Labute approximate surface area is 389 Å². The van der Waals surface area contributed by atoms with Crippen molar-refractivity contribution in [2.45, 2.75) is 118 Å². The Balaban J connectivity index is 0.832. The molecule has 0 aromatic heterocycles. The van der Waals surface area contributed by atoms with E-state index in [1.807, 2.05) is 0 Å². The molecule has 0 nitrogen and oxygen atoms in total. The Morgan fingerprint density at radius 2 is 1.14 bits per heavy atom. The van der Waals surface area contributed by atoms with Gasteiger partial charge in [-0.2, -0.15) is 0 Å². The molecule has 0 bridgehead atoms. The van der Waals surface area contributed by atoms with Gasteiger partial charge in [-0.25, -0.2) is 0 Å². The van der Waals surface area contributed by atoms with E-state index in [4.69, 9.17) is 0 Å². The van der Waals surface area contributed by atoms with Crippen molar-refractivity contribution < 1.29 is 0 Å². The van der Waals surface area contributed by atoms with Crippen molar-refractivity contribution in [2.75, 3.05) is 0 Å². The highest BCUT2D eigenvalue weighted by molar-refractivity contribution is 6.25. The maximum atomic E-state index is 2.78. The Kier molecular flexibility index (Phi) is 10.3. The molecule has 9 atom stereocenters. The number of fused-ring (bicyclic) bond motifs is 11. The van der Waals surface area contributed by atoms with Gasteiger partial charge in [0.25, 0.3) is 0 Å². The van der Waals surface area contributed by atoms with E-state index in [-0.39, 0.29) is 0 Å². The molecule has 4 aliphatic carbocycles. The minimum Gasteiger partial charge on any atom is -0.0628 e. The predicted octanol–water partition coefficient (Wildman–Crippen LogP) is 19.0. The Hall–Kier alpha value is -4.94. The number of benzene rings is 8. The first kappa shape index (κ1) is 41.5. The van der Waals surface area contributed by atoms with E-state index in [2.05, 4.69) is 174 Å². The van der Waals surface area contributed by atoms with Crippen molar-refractivity contribution in [1.82, 2.24) is 0 Å². The van der Waals surface area contributed by atoms with Crippen molar-refractivity contribution in [2.24, 2.45) is 52.3 Å². The molecule has 8 aromatic rings. The number of hydrogen-bond donors (Lipinski definition) is 0. The Bertz CT molecular complexity index is 3020. The molecule has 330 valence electrons. The molecular formula is C65H70. The van der Waals surface area contributed by atoms with Crippen LogP contribution in [0.2, 0.25) is 0 Å². The fourth-order valence-corrected chi connectivity index (χ4v) is 16.2. The highest BCUT2D eigenvalue weighted by Gasteiger charge is 2.60. The van der Waals surface area contributed by atoms with Gasteiger partial charge in [-0.3, -0.25) is 0 Å². The molecule has 0 amide bonds. The minimum absolute atomic E-state index is 0.521. The summed E-state index contributed by atoms with van der Waals surface area (Å²) in [6, 6.07) is 53.5. The first-order valence-electron chi connectivity index (χ1n) is 26.1. The average molecular weight is 851 g/mol. The molecule has 0 heterocycles. The highest BCUT2D eigenvalue weighted by Crippen LogP contribution is 2.69. The average Bonchev–Trinajstić information content (AvgIpc) is 3.69. The summed E-state index contributed by atoms with van der Waals surface area (Å²) in [5.74, 6) is 7.10. The van der Waals surface area contributed by atoms with E-state index >= 15 is 0 Å². The van der Waals surface area contributed by atoms with Crippen molar-refractivity contribution in [3.63, 3.8) is 0 Å². The second-order valence-electron chi connectivity index (χ2n) is 23.0. The Morgan fingerprint density at radius 3 is 1.86 bits per heavy atom. The van der Waals surface area contributed by atoms with E-state index in [1.54, 1.807) is 5.56 Å². The molecule has 0 heteroatoms. The van der Waals surface area contributed by atoms with E-state index in [0.29, 0.717) is 16.7 Å². The summed E-state index contributed by atoms with van der Waals surface area (Å²) in [5, 5.41) is 13.1. The largest absolute Gasteiger partial charge is 0.0628 e. The van der Waals surface area contributed by atoms with Gasteiger partial charge in [0.1, 0.15) is 0 Å². The predicted molar refractivity (Wildman–Crippen MR) is 281 cm³/mol. The summed E-state index contributed by atoms with van der Waals surface area (Å²) in [4.78, 5) is 0. The van der Waals surface area contributed by atoms with Crippen LogP contribution in [0.4, 0.5) is 0 Å². The van der Waals surface area contributed by atoms with E-state index in [9.17, 15) is 0 Å². The van der Waals surface area contributed by atoms with Crippen LogP contribution in [0.25, 0.3) is 76.1 Å². The summed E-state index contributed by atoms with van der Waals surface area (Å²) in [6.07, 6.45) is 17.4. The molecule has 0 saturated heterocycles. The zero-order valence-corrected chi connectivity index (χ0v) is 39.9. The quantitative estimate of drug-likeness (QED) is 0.106. The molecule has 4 aliphatic rings. The van der Waals surface area contributed by atoms with Gasteiger partial charge in [-0.1, -0.05) is 181 Å². The SMILES string of the molecule is CC(C)CCC[C@@H](C)[C@H]1CC[C@H]2[C@@H]3CC[C@H]4CC(c5ccc(-c6c7ccccc7c(-c7cccc8c7ccc7cc9ccccc9cc78)c7ccccc67)cc5)CC[C@]4(C)[C@H]3CC[C@]12C. The fraction of sp³-hybridized carbons (Fsp3) is 0.415. The molecule has 0 radical (unpaired) electrons. The zero-order chi connectivity index (χ0) is 44.0. The van der Waals surface area contributed by atoms with Crippen molar-refractivity contribution in [1.29, 1.82) is 0 Å². The lowest BCUT2D eigenvalue weighted by molar-refractivity contribution is -0.117. The van der Waals surface area contributed by atoms with Crippen LogP contribution in [0.15, 0.2) is 140 Å². The van der Waals surface area contributed by atoms with Gasteiger partial charge >= 0.3 is 0 Å². The molecular weight excluding hydrogens is 781 g/mol. The lowest BCUT2D eigenvalue weighted by atomic mass is 9.43. The van der Waals surface area contributed by atoms with Crippen LogP contribution in [-0.4, -0.2) is 0 Å². The molecule has 4 saturated carbocycles. The smallest absolute Gasteiger partial charge is 0.00201 e. The molecule has 12 rings (SSSR count). The van der Waals surface area contributed by atoms with E-state index in [1.165, 1.54) is 153 Å². The number of hydrogen-bond acceptors (Lipinski definition) is 0. The monoisotopic (exact) mass is 851 g/mol. The summed E-state index contributed by atoms with van der Waals surface area (Å²) >= 11 is 0. The molecule has 0 spiro atoms.